The Morgan fingerprint density at radius 3 is 2.56 bits per heavy atom. The molecule has 5 fully saturated rings. The van der Waals surface area contributed by atoms with E-state index in [1.807, 2.05) is 38.2 Å². The average molecular weight is 1300 g/mol. The van der Waals surface area contributed by atoms with Gasteiger partial charge < -0.3 is 56.9 Å². The largest absolute Gasteiger partial charge is 0.508 e. The van der Waals surface area contributed by atoms with Gasteiger partial charge >= 0.3 is 5.97 Å². The lowest BCUT2D eigenvalue weighted by Crippen LogP contribution is -2.70. The van der Waals surface area contributed by atoms with Crippen LogP contribution < -0.4 is 32.3 Å². The van der Waals surface area contributed by atoms with Crippen molar-refractivity contribution in [1.29, 1.82) is 0 Å². The highest BCUT2D eigenvalue weighted by Crippen LogP contribution is 2.69. The summed E-state index contributed by atoms with van der Waals surface area (Å²) in [7, 11) is 1.97. The van der Waals surface area contributed by atoms with Crippen molar-refractivity contribution in [3.8, 4) is 17.6 Å². The molecule has 15 nitrogen and oxygen atoms in total. The van der Waals surface area contributed by atoms with Gasteiger partial charge in [-0.1, -0.05) is 111 Å². The van der Waals surface area contributed by atoms with Gasteiger partial charge in [-0.2, -0.15) is 0 Å². The molecule has 3 spiro atoms. The molecule has 15 heteroatoms. The van der Waals surface area contributed by atoms with E-state index < -0.39 is 76.0 Å². The molecule has 11 N–H and O–H groups in total. The number of aromatic hydroxyl groups is 1. The van der Waals surface area contributed by atoms with E-state index in [2.05, 4.69) is 88.0 Å². The second kappa shape index (κ2) is 25.0. The third-order valence-electron chi connectivity index (χ3n) is 27.7. The molecule has 7 heterocycles. The van der Waals surface area contributed by atoms with Crippen LogP contribution >= 0.6 is 0 Å². The van der Waals surface area contributed by atoms with E-state index in [9.17, 15) is 20.4 Å². The number of hydrogen-bond donors (Lipinski definition) is 10. The van der Waals surface area contributed by atoms with Crippen LogP contribution in [0.4, 0.5) is 0 Å². The van der Waals surface area contributed by atoms with Crippen molar-refractivity contribution in [2.75, 3.05) is 26.8 Å². The van der Waals surface area contributed by atoms with Gasteiger partial charge in [0, 0.05) is 72.0 Å². The maximum absolute atomic E-state index is 17.2. The van der Waals surface area contributed by atoms with Gasteiger partial charge in [-0.3, -0.25) is 14.9 Å². The molecule has 13 bridgehead atoms. The fourth-order valence-corrected chi connectivity index (χ4v) is 22.9. The number of dihydropyridines is 2. The molecule has 14 aliphatic rings. The summed E-state index contributed by atoms with van der Waals surface area (Å²) in [5, 5.41) is 67.6. The number of phenols is 1. The SMILES string of the molecule is CN[C@@H]1CCC2=C(NCC=C2CC/C(C)=C(\CO)C[C@@]23O[C@@]24C(=O)O[C@@H]2[C@H]5C[C@H](O)[C@@]67CC[C@@H](CO)[C@@H]6CC#C[C@H](C6CCCCC6)N[C@]68C=C9C=CC[C@@H](CCCC[C@@](C)(CC%10=CNC(N)C(=C%10)[C@@H](c%10cccc(O)c%10)C[C@@H]7[C@@H]5C6)Cc5cccc(c5C4=O)C3=O)[C@@H]9C[C@H]28)N1. The number of carbonyl (C=O) groups is 3. The summed E-state index contributed by atoms with van der Waals surface area (Å²) < 4.78 is 14.8. The van der Waals surface area contributed by atoms with Crippen LogP contribution in [0.1, 0.15) is 199 Å². The number of fused-ring (bicyclic) bond motifs is 3. The van der Waals surface area contributed by atoms with Crippen LogP contribution in [0.25, 0.3) is 0 Å². The highest BCUT2D eigenvalue weighted by molar-refractivity contribution is 6.33. The van der Waals surface area contributed by atoms with Crippen LogP contribution in [-0.2, 0) is 20.7 Å². The fourth-order valence-electron chi connectivity index (χ4n) is 22.9. The van der Waals surface area contributed by atoms with Crippen molar-refractivity contribution >= 4 is 17.5 Å². The van der Waals surface area contributed by atoms with Gasteiger partial charge in [0.25, 0.3) is 5.60 Å². The van der Waals surface area contributed by atoms with Crippen LogP contribution in [-0.4, -0.2) is 112 Å². The average Bonchev–Trinajstić information content (AvgIpc) is 1.47. The summed E-state index contributed by atoms with van der Waals surface area (Å²) in [5.41, 5.74) is 10.4. The van der Waals surface area contributed by atoms with Crippen molar-refractivity contribution in [3.05, 3.63) is 146 Å². The lowest BCUT2D eigenvalue weighted by molar-refractivity contribution is -0.206. The Morgan fingerprint density at radius 1 is 0.906 bits per heavy atom. The van der Waals surface area contributed by atoms with Gasteiger partial charge in [-0.05, 0) is 227 Å². The number of Topliss-reactive ketones (excluding diaryl/α,β-unsaturated/α-hetero) is 2. The normalized spacial score (nSPS) is 40.8. The van der Waals surface area contributed by atoms with Crippen molar-refractivity contribution in [1.82, 2.24) is 26.6 Å². The monoisotopic (exact) mass is 1300 g/mol. The zero-order chi connectivity index (χ0) is 66.0. The number of ketones is 2. The number of esters is 1. The number of ether oxygens (including phenoxy) is 2. The summed E-state index contributed by atoms with van der Waals surface area (Å²) in [4.78, 5) is 50.4. The van der Waals surface area contributed by atoms with Crippen LogP contribution in [0, 0.1) is 75.9 Å². The Labute approximate surface area is 567 Å². The number of phenolic OH excluding ortho intramolecular Hbond substituents is 1. The molecule has 96 heavy (non-hydrogen) atoms. The van der Waals surface area contributed by atoms with E-state index in [0.29, 0.717) is 87.8 Å². The maximum Gasteiger partial charge on any atom is 0.350 e. The molecule has 1 unspecified atom stereocenters. The predicted molar refractivity (Wildman–Crippen MR) is 368 cm³/mol. The molecular weight excluding hydrogens is 1200 g/mol. The van der Waals surface area contributed by atoms with Gasteiger partial charge in [0.1, 0.15) is 17.7 Å². The second-order valence-electron chi connectivity index (χ2n) is 32.7. The number of nitrogens with two attached hydrogens (primary N) is 1. The van der Waals surface area contributed by atoms with E-state index in [1.54, 1.807) is 12.1 Å². The lowest BCUT2D eigenvalue weighted by Gasteiger charge is -2.64. The Kier molecular flexibility index (Phi) is 16.8. The first-order valence-electron chi connectivity index (χ1n) is 37.2. The molecule has 0 aromatic heterocycles. The second-order valence-corrected chi connectivity index (χ2v) is 32.7. The number of carbonyl (C=O) groups excluding carboxylic acids is 3. The quantitative estimate of drug-likeness (QED) is 0.0350. The summed E-state index contributed by atoms with van der Waals surface area (Å²) in [6, 6.07) is 13.0. The zero-order valence-electron chi connectivity index (χ0n) is 56.7. The molecular formula is C81H102N6O9. The third-order valence-corrected chi connectivity index (χ3v) is 27.7. The van der Waals surface area contributed by atoms with Crippen molar-refractivity contribution in [2.24, 2.45) is 69.8 Å². The number of aliphatic hydroxyl groups is 3. The minimum atomic E-state index is -2.38. The molecule has 2 aromatic carbocycles. The van der Waals surface area contributed by atoms with Crippen LogP contribution in [0.5, 0.6) is 5.75 Å². The van der Waals surface area contributed by atoms with Gasteiger partial charge in [0.15, 0.2) is 11.4 Å². The first-order valence-corrected chi connectivity index (χ1v) is 37.2. The Hall–Kier alpha value is -6.09. The summed E-state index contributed by atoms with van der Waals surface area (Å²) in [6.07, 6.45) is 30.1. The van der Waals surface area contributed by atoms with Gasteiger partial charge in [0.05, 0.1) is 31.1 Å². The summed E-state index contributed by atoms with van der Waals surface area (Å²) in [5.74, 6) is 6.01. The molecule has 7 aliphatic heterocycles. The highest BCUT2D eigenvalue weighted by atomic mass is 16.7. The number of benzene rings is 2. The molecule has 7 aliphatic carbocycles. The molecule has 16 rings (SSSR count). The third kappa shape index (κ3) is 10.5. The van der Waals surface area contributed by atoms with Gasteiger partial charge in [-0.25, -0.2) is 4.79 Å². The van der Waals surface area contributed by atoms with E-state index in [-0.39, 0.29) is 89.5 Å². The molecule has 19 atom stereocenters. The number of nitrogens with one attached hydrogen (secondary N) is 5. The van der Waals surface area contributed by atoms with Gasteiger partial charge in [-0.15, -0.1) is 5.92 Å². The minimum absolute atomic E-state index is 0.0274. The number of hydrogen-bond acceptors (Lipinski definition) is 15. The molecule has 0 radical (unpaired) electrons. The zero-order valence-corrected chi connectivity index (χ0v) is 56.7. The van der Waals surface area contributed by atoms with Crippen LogP contribution in [0.3, 0.4) is 0 Å². The number of aliphatic hydroxyl groups excluding tert-OH is 3. The Morgan fingerprint density at radius 2 is 1.74 bits per heavy atom. The highest BCUT2D eigenvalue weighted by Gasteiger charge is 2.86. The Bertz CT molecular complexity index is 3790. The number of epoxide rings is 1. The van der Waals surface area contributed by atoms with E-state index in [0.717, 1.165) is 105 Å². The van der Waals surface area contributed by atoms with Crippen LogP contribution in [0.2, 0.25) is 0 Å². The fraction of sp³-hybridized carbons (Fsp3) is 0.617. The maximum atomic E-state index is 17.2. The molecule has 4 saturated carbocycles. The molecule has 0 amide bonds. The van der Waals surface area contributed by atoms with Crippen molar-refractivity contribution in [3.63, 3.8) is 0 Å². The Balaban J connectivity index is 0.913. The van der Waals surface area contributed by atoms with Gasteiger partial charge in [0.2, 0.25) is 5.78 Å². The summed E-state index contributed by atoms with van der Waals surface area (Å²) >= 11 is 0. The predicted octanol–water partition coefficient (Wildman–Crippen LogP) is 10.6. The molecule has 1 saturated heterocycles. The van der Waals surface area contributed by atoms with Crippen LogP contribution in [0.15, 0.2) is 124 Å². The first kappa shape index (κ1) is 64.6. The summed E-state index contributed by atoms with van der Waals surface area (Å²) in [6.45, 7) is 4.57. The van der Waals surface area contributed by atoms with Crippen molar-refractivity contribution in [2.45, 2.75) is 221 Å². The van der Waals surface area contributed by atoms with E-state index in [1.165, 1.54) is 23.1 Å². The first-order chi connectivity index (χ1) is 46.5. The number of rotatable bonds is 10. The smallest absolute Gasteiger partial charge is 0.350 e. The van der Waals surface area contributed by atoms with E-state index in [4.69, 9.17) is 15.2 Å². The molecule has 2 aromatic rings. The topological polar surface area (TPSA) is 240 Å². The van der Waals surface area contributed by atoms with Crippen molar-refractivity contribution < 1.29 is 44.3 Å². The van der Waals surface area contributed by atoms with E-state index >= 15 is 14.4 Å². The molecule has 510 valence electrons. The number of allylic oxidation sites excluding steroid dienone is 8. The minimum Gasteiger partial charge on any atom is -0.508 e. The lowest BCUT2D eigenvalue weighted by atomic mass is 9.43. The standard InChI is InChI=1S/C81H102N6O9/c1-46(24-25-49-29-32-84-75-57(49)26-27-69(83-3)86-75)55(45-89)41-80-72(92)58-21-11-19-53-39-77(2)30-8-7-13-48-16-9-18-52-40-78-42-63-61(71(66(78)35-59(48)52)95-76(94)81(80,96-80)73(93)70(53)58)37-68(91)79(31-28-54(44-88)64(79)22-12-23-67(87-78)50-14-5-4-6-15-50)65(63)36-60(51-17-10-20-56(90)34-51)62-33-47(38-77)43-85-74(62)82/h9-11,17-21,29,33-34,40,43,48,50,54,59-61,63-69,71,74,83-91H,4-8,13-16,22,24-28,30-32,35-39,41-42,44-45,82H2,1-3H3/b55-46-/t48-,54+,59+,60-,61+,63-,64+,65-,66-,67-,68+,69+,71-,74?,77+,78-,79+,80+,81+/m1/s1.